The first-order valence-electron chi connectivity index (χ1n) is 8.70. The van der Waals surface area contributed by atoms with Crippen LogP contribution in [0.4, 0.5) is 0 Å². The Kier molecular flexibility index (Phi) is 6.09. The fraction of sp³-hybridized carbons (Fsp3) is 0.143. The Bertz CT molecular complexity index is 1020. The first-order valence-corrected chi connectivity index (χ1v) is 9.08. The predicted octanol–water partition coefficient (Wildman–Crippen LogP) is 2.60. The van der Waals surface area contributed by atoms with Crippen molar-refractivity contribution in [3.05, 3.63) is 82.4 Å². The average Bonchev–Trinajstić information content (AvgIpc) is 2.96. The monoisotopic (exact) mass is 412 g/mol. The van der Waals surface area contributed by atoms with E-state index < -0.39 is 30.3 Å². The number of benzene rings is 2. The molecule has 148 valence electrons. The van der Waals surface area contributed by atoms with Crippen molar-refractivity contribution in [2.45, 2.75) is 6.54 Å². The van der Waals surface area contributed by atoms with Gasteiger partial charge in [-0.1, -0.05) is 35.9 Å². The summed E-state index contributed by atoms with van der Waals surface area (Å²) in [5, 5.41) is 3.13. The predicted molar refractivity (Wildman–Crippen MR) is 106 cm³/mol. The molecule has 0 fully saturated rings. The number of imide groups is 1. The molecule has 0 bridgehead atoms. The van der Waals surface area contributed by atoms with Gasteiger partial charge < -0.3 is 10.1 Å². The molecule has 0 radical (unpaired) electrons. The summed E-state index contributed by atoms with van der Waals surface area (Å²) in [5.41, 5.74) is 1.14. The highest BCUT2D eigenvalue weighted by Crippen LogP contribution is 2.24. The molecule has 0 saturated carbocycles. The Morgan fingerprint density at radius 3 is 2.55 bits per heavy atom. The molecule has 3 amide bonds. The van der Waals surface area contributed by atoms with Gasteiger partial charge in [-0.2, -0.15) is 0 Å². The highest BCUT2D eigenvalue weighted by molar-refractivity contribution is 6.31. The van der Waals surface area contributed by atoms with Crippen LogP contribution in [0.15, 0.2) is 55.1 Å². The molecule has 0 atom stereocenters. The molecule has 1 aliphatic heterocycles. The lowest BCUT2D eigenvalue weighted by atomic mass is 10.1. The number of carbonyl (C=O) groups is 4. The third kappa shape index (κ3) is 4.35. The number of rotatable bonds is 7. The van der Waals surface area contributed by atoms with Gasteiger partial charge in [0.1, 0.15) is 0 Å². The van der Waals surface area contributed by atoms with Crippen molar-refractivity contribution in [2.75, 3.05) is 13.2 Å². The van der Waals surface area contributed by atoms with Gasteiger partial charge in [0.15, 0.2) is 6.61 Å². The number of nitrogens with one attached hydrogen (secondary N) is 1. The number of amides is 3. The lowest BCUT2D eigenvalue weighted by Crippen LogP contribution is -2.29. The van der Waals surface area contributed by atoms with Gasteiger partial charge in [0, 0.05) is 18.1 Å². The minimum atomic E-state index is -0.775. The average molecular weight is 413 g/mol. The van der Waals surface area contributed by atoms with E-state index >= 15 is 0 Å². The van der Waals surface area contributed by atoms with Gasteiger partial charge in [-0.15, -0.1) is 6.58 Å². The van der Waals surface area contributed by atoms with Gasteiger partial charge in [-0.3, -0.25) is 19.3 Å². The summed E-state index contributed by atoms with van der Waals surface area (Å²) in [7, 11) is 0. The third-order valence-electron chi connectivity index (χ3n) is 4.29. The minimum Gasteiger partial charge on any atom is -0.452 e. The molecule has 29 heavy (non-hydrogen) atoms. The Morgan fingerprint density at radius 2 is 1.83 bits per heavy atom. The van der Waals surface area contributed by atoms with Gasteiger partial charge in [0.2, 0.25) is 0 Å². The number of fused-ring (bicyclic) bond motifs is 1. The van der Waals surface area contributed by atoms with Gasteiger partial charge >= 0.3 is 5.97 Å². The molecule has 2 aromatic carbocycles. The van der Waals surface area contributed by atoms with E-state index in [1.807, 2.05) is 0 Å². The highest BCUT2D eigenvalue weighted by Gasteiger charge is 2.35. The molecule has 0 unspecified atom stereocenters. The molecule has 0 spiro atoms. The Morgan fingerprint density at radius 1 is 1.10 bits per heavy atom. The first-order chi connectivity index (χ1) is 13.9. The Balaban J connectivity index is 1.59. The number of esters is 1. The lowest BCUT2D eigenvalue weighted by Gasteiger charge is -2.09. The van der Waals surface area contributed by atoms with Crippen LogP contribution in [0.3, 0.4) is 0 Å². The zero-order valence-corrected chi connectivity index (χ0v) is 16.1. The van der Waals surface area contributed by atoms with Crippen LogP contribution in [0.25, 0.3) is 0 Å². The number of carbonyl (C=O) groups excluding carboxylic acids is 4. The summed E-state index contributed by atoms with van der Waals surface area (Å²) in [6.07, 6.45) is 1.44. The second-order valence-electron chi connectivity index (χ2n) is 6.21. The zero-order valence-electron chi connectivity index (χ0n) is 15.3. The molecule has 0 aromatic heterocycles. The molecule has 3 rings (SSSR count). The van der Waals surface area contributed by atoms with Crippen molar-refractivity contribution in [3.8, 4) is 0 Å². The smallest absolute Gasteiger partial charge is 0.338 e. The molecular weight excluding hydrogens is 396 g/mol. The van der Waals surface area contributed by atoms with E-state index in [0.29, 0.717) is 5.02 Å². The third-order valence-corrected chi connectivity index (χ3v) is 4.65. The van der Waals surface area contributed by atoms with Crippen LogP contribution in [0, 0.1) is 0 Å². The maximum atomic E-state index is 12.3. The summed E-state index contributed by atoms with van der Waals surface area (Å²) in [6.45, 7) is 3.31. The molecule has 2 aromatic rings. The summed E-state index contributed by atoms with van der Waals surface area (Å²) in [6, 6.07) is 11.1. The van der Waals surface area contributed by atoms with E-state index in [1.165, 1.54) is 24.3 Å². The fourth-order valence-corrected chi connectivity index (χ4v) is 3.02. The number of halogens is 1. The van der Waals surface area contributed by atoms with E-state index in [1.54, 1.807) is 24.3 Å². The molecule has 1 aliphatic rings. The normalized spacial score (nSPS) is 12.5. The minimum absolute atomic E-state index is 0.0734. The molecule has 8 heteroatoms. The summed E-state index contributed by atoms with van der Waals surface area (Å²) >= 11 is 6.02. The maximum Gasteiger partial charge on any atom is 0.338 e. The lowest BCUT2D eigenvalue weighted by molar-refractivity contribution is -0.124. The van der Waals surface area contributed by atoms with Crippen LogP contribution >= 0.6 is 11.6 Å². The number of hydrogen-bond donors (Lipinski definition) is 1. The Hall–Kier alpha value is -3.45. The van der Waals surface area contributed by atoms with Crippen molar-refractivity contribution >= 4 is 35.3 Å². The van der Waals surface area contributed by atoms with Crippen LogP contribution < -0.4 is 5.32 Å². The highest BCUT2D eigenvalue weighted by atomic mass is 35.5. The van der Waals surface area contributed by atoms with Crippen molar-refractivity contribution in [2.24, 2.45) is 0 Å². The van der Waals surface area contributed by atoms with E-state index in [-0.39, 0.29) is 29.8 Å². The van der Waals surface area contributed by atoms with Crippen LogP contribution in [-0.2, 0) is 16.1 Å². The van der Waals surface area contributed by atoms with E-state index in [9.17, 15) is 19.2 Å². The van der Waals surface area contributed by atoms with E-state index in [4.69, 9.17) is 16.3 Å². The first kappa shape index (κ1) is 20.3. The van der Waals surface area contributed by atoms with Crippen LogP contribution in [-0.4, -0.2) is 41.7 Å². The Labute approximate surface area is 171 Å². The fourth-order valence-electron chi connectivity index (χ4n) is 2.81. The number of ether oxygens (including phenoxy) is 1. The van der Waals surface area contributed by atoms with Crippen LogP contribution in [0.1, 0.15) is 36.6 Å². The van der Waals surface area contributed by atoms with Gasteiger partial charge in [0.05, 0.1) is 16.7 Å². The maximum absolute atomic E-state index is 12.3. The summed E-state index contributed by atoms with van der Waals surface area (Å²) in [5.74, 6) is -2.22. The molecule has 0 aliphatic carbocycles. The molecule has 7 nitrogen and oxygen atoms in total. The quantitative estimate of drug-likeness (QED) is 0.428. The van der Waals surface area contributed by atoms with Gasteiger partial charge in [0.25, 0.3) is 17.7 Å². The largest absolute Gasteiger partial charge is 0.452 e. The topological polar surface area (TPSA) is 92.8 Å². The summed E-state index contributed by atoms with van der Waals surface area (Å²) < 4.78 is 4.99. The second-order valence-corrected chi connectivity index (χ2v) is 6.62. The van der Waals surface area contributed by atoms with Crippen molar-refractivity contribution < 1.29 is 23.9 Å². The molecule has 1 heterocycles. The van der Waals surface area contributed by atoms with Crippen molar-refractivity contribution in [3.63, 3.8) is 0 Å². The van der Waals surface area contributed by atoms with Crippen LogP contribution in [0.2, 0.25) is 5.02 Å². The summed E-state index contributed by atoms with van der Waals surface area (Å²) in [4.78, 5) is 49.7. The number of hydrogen-bond acceptors (Lipinski definition) is 5. The standard InChI is InChI=1S/C21H17ClN2O5/c1-2-9-24-19(26)15-8-7-13(10-16(15)20(24)27)21(28)29-12-18(25)23-11-14-5-3-4-6-17(14)22/h2-8,10H,1,9,11-12H2,(H,23,25). The molecular formula is C21H17ClN2O5. The van der Waals surface area contributed by atoms with Gasteiger partial charge in [-0.05, 0) is 29.8 Å². The SMILES string of the molecule is C=CCN1C(=O)c2ccc(C(=O)OCC(=O)NCc3ccccc3Cl)cc2C1=O. The number of nitrogens with zero attached hydrogens (tertiary/aromatic N) is 1. The van der Waals surface area contributed by atoms with Crippen molar-refractivity contribution in [1.29, 1.82) is 0 Å². The molecule has 0 saturated heterocycles. The van der Waals surface area contributed by atoms with E-state index in [0.717, 1.165) is 10.5 Å². The van der Waals surface area contributed by atoms with Crippen molar-refractivity contribution in [1.82, 2.24) is 10.2 Å². The van der Waals surface area contributed by atoms with Crippen LogP contribution in [0.5, 0.6) is 0 Å². The molecule has 1 N–H and O–H groups in total. The van der Waals surface area contributed by atoms with Gasteiger partial charge in [-0.25, -0.2) is 4.79 Å². The zero-order chi connectivity index (χ0) is 21.0. The second kappa shape index (κ2) is 8.70. The van der Waals surface area contributed by atoms with E-state index in [2.05, 4.69) is 11.9 Å².